The lowest BCUT2D eigenvalue weighted by molar-refractivity contribution is -0.125. The van der Waals surface area contributed by atoms with Gasteiger partial charge in [0.05, 0.1) is 17.1 Å². The lowest BCUT2D eigenvalue weighted by atomic mass is 10.1. The van der Waals surface area contributed by atoms with Crippen molar-refractivity contribution in [2.75, 3.05) is 37.5 Å². The summed E-state index contributed by atoms with van der Waals surface area (Å²) < 4.78 is 37.2. The molecule has 0 spiro atoms. The molecule has 1 aliphatic heterocycles. The average molecular weight is 524 g/mol. The van der Waals surface area contributed by atoms with Crippen LogP contribution in [0.3, 0.4) is 0 Å². The van der Waals surface area contributed by atoms with Crippen LogP contribution in [0.1, 0.15) is 22.8 Å². The van der Waals surface area contributed by atoms with Crippen molar-refractivity contribution in [3.8, 4) is 11.5 Å². The highest BCUT2D eigenvalue weighted by Crippen LogP contribution is 2.36. The molecule has 1 aliphatic rings. The molecule has 2 amide bonds. The average Bonchev–Trinajstić information content (AvgIpc) is 2.87. The molecule has 1 atom stereocenters. The third-order valence-electron chi connectivity index (χ3n) is 5.92. The van der Waals surface area contributed by atoms with Crippen molar-refractivity contribution in [3.63, 3.8) is 0 Å². The monoisotopic (exact) mass is 523 g/mol. The van der Waals surface area contributed by atoms with E-state index in [1.165, 1.54) is 38.4 Å². The van der Waals surface area contributed by atoms with E-state index in [4.69, 9.17) is 9.47 Å². The fourth-order valence-electron chi connectivity index (χ4n) is 3.80. The maximum absolute atomic E-state index is 12.9. The van der Waals surface area contributed by atoms with Gasteiger partial charge in [0.15, 0.2) is 6.10 Å². The maximum Gasteiger partial charge on any atom is 0.267 e. The summed E-state index contributed by atoms with van der Waals surface area (Å²) in [5.74, 6) is 0.615. The second-order valence-electron chi connectivity index (χ2n) is 8.86. The van der Waals surface area contributed by atoms with Crippen molar-refractivity contribution in [2.24, 2.45) is 0 Å². The molecule has 0 fully saturated rings. The first-order valence-corrected chi connectivity index (χ1v) is 13.2. The number of carbonyl (C=O) groups is 2. The number of sulfonamides is 1. The first kappa shape index (κ1) is 26.2. The highest BCUT2D eigenvalue weighted by atomic mass is 32.2. The molecule has 0 bridgehead atoms. The van der Waals surface area contributed by atoms with Gasteiger partial charge in [-0.25, -0.2) is 12.7 Å². The zero-order chi connectivity index (χ0) is 26.7. The molecule has 194 valence electrons. The molecular formula is C27H29N3O6S. The maximum atomic E-state index is 12.9. The lowest BCUT2D eigenvalue weighted by Crippen LogP contribution is -2.46. The summed E-state index contributed by atoms with van der Waals surface area (Å²) in [5, 5.41) is 2.80. The number of anilines is 2. The van der Waals surface area contributed by atoms with Crippen LogP contribution >= 0.6 is 0 Å². The molecule has 4 rings (SSSR count). The highest BCUT2D eigenvalue weighted by Gasteiger charge is 2.31. The Kier molecular flexibility index (Phi) is 7.51. The minimum atomic E-state index is -3.59. The largest absolute Gasteiger partial charge is 0.492 e. The summed E-state index contributed by atoms with van der Waals surface area (Å²) in [7, 11) is -0.705. The summed E-state index contributed by atoms with van der Waals surface area (Å²) in [4.78, 5) is 27.4. The van der Waals surface area contributed by atoms with E-state index >= 15 is 0 Å². The first-order chi connectivity index (χ1) is 17.6. The van der Waals surface area contributed by atoms with Gasteiger partial charge in [-0.2, -0.15) is 0 Å². The quantitative estimate of drug-likeness (QED) is 0.483. The molecule has 1 heterocycles. The Bertz CT molecular complexity index is 1400. The molecule has 0 saturated carbocycles. The van der Waals surface area contributed by atoms with E-state index < -0.39 is 22.0 Å². The second-order valence-corrected chi connectivity index (χ2v) is 11.0. The molecule has 1 unspecified atom stereocenters. The van der Waals surface area contributed by atoms with Gasteiger partial charge in [0, 0.05) is 25.3 Å². The number of aryl methyl sites for hydroxylation is 1. The minimum absolute atomic E-state index is 0.0936. The van der Waals surface area contributed by atoms with Crippen LogP contribution in [0.2, 0.25) is 0 Å². The van der Waals surface area contributed by atoms with Crippen LogP contribution in [0.5, 0.6) is 11.5 Å². The fourth-order valence-corrected chi connectivity index (χ4v) is 4.70. The molecule has 9 nitrogen and oxygen atoms in total. The molecule has 0 saturated heterocycles. The Morgan fingerprint density at radius 1 is 1.05 bits per heavy atom. The fraction of sp³-hybridized carbons (Fsp3) is 0.259. The number of nitrogens with one attached hydrogen (secondary N) is 1. The van der Waals surface area contributed by atoms with Gasteiger partial charge >= 0.3 is 0 Å². The smallest absolute Gasteiger partial charge is 0.267 e. The third kappa shape index (κ3) is 5.76. The van der Waals surface area contributed by atoms with Crippen molar-refractivity contribution in [2.45, 2.75) is 24.8 Å². The van der Waals surface area contributed by atoms with Crippen LogP contribution in [0.4, 0.5) is 11.4 Å². The second kappa shape index (κ2) is 10.6. The number of fused-ring (bicyclic) bond motifs is 1. The SMILES string of the molecule is Cc1ccc(OCCN2C(=O)C(C)Oc3ccc(NC(=O)c4ccc(S(=O)(=O)N(C)C)cc4)cc32)cc1. The number of benzene rings is 3. The predicted molar refractivity (Wildman–Crippen MR) is 141 cm³/mol. The summed E-state index contributed by atoms with van der Waals surface area (Å²) in [5.41, 5.74) is 2.41. The summed E-state index contributed by atoms with van der Waals surface area (Å²) in [6.07, 6.45) is -0.649. The molecule has 37 heavy (non-hydrogen) atoms. The first-order valence-electron chi connectivity index (χ1n) is 11.7. The number of amides is 2. The van der Waals surface area contributed by atoms with Crippen molar-refractivity contribution < 1.29 is 27.5 Å². The Hall–Kier alpha value is -3.89. The standard InChI is InChI=1S/C27H29N3O6S/c1-18-5-10-22(11-6-18)35-16-15-30-24-17-21(9-14-25(24)36-19(2)27(30)32)28-26(31)20-7-12-23(13-8-20)37(33,34)29(3)4/h5-14,17,19H,15-16H2,1-4H3,(H,28,31). The van der Waals surface area contributed by atoms with Crippen LogP contribution in [0.25, 0.3) is 0 Å². The Morgan fingerprint density at radius 3 is 2.38 bits per heavy atom. The number of carbonyl (C=O) groups excluding carboxylic acids is 2. The van der Waals surface area contributed by atoms with Crippen LogP contribution in [-0.4, -0.2) is 57.9 Å². The number of rotatable bonds is 8. The van der Waals surface area contributed by atoms with Gasteiger partial charge < -0.3 is 19.7 Å². The van der Waals surface area contributed by atoms with Gasteiger partial charge in [-0.3, -0.25) is 9.59 Å². The van der Waals surface area contributed by atoms with Gasteiger partial charge in [-0.15, -0.1) is 0 Å². The van der Waals surface area contributed by atoms with Crippen molar-refractivity contribution in [3.05, 3.63) is 77.9 Å². The summed E-state index contributed by atoms with van der Waals surface area (Å²) in [6, 6.07) is 18.4. The molecule has 3 aromatic carbocycles. The Labute approximate surface area is 216 Å². The Morgan fingerprint density at radius 2 is 1.73 bits per heavy atom. The minimum Gasteiger partial charge on any atom is -0.492 e. The van der Waals surface area contributed by atoms with Gasteiger partial charge in [0.2, 0.25) is 10.0 Å². The van der Waals surface area contributed by atoms with Crippen molar-refractivity contribution >= 4 is 33.2 Å². The summed E-state index contributed by atoms with van der Waals surface area (Å²) >= 11 is 0. The van der Waals surface area contributed by atoms with E-state index in [0.717, 1.165) is 9.87 Å². The molecule has 3 aromatic rings. The van der Waals surface area contributed by atoms with Gasteiger partial charge in [-0.05, 0) is 68.4 Å². The van der Waals surface area contributed by atoms with Crippen molar-refractivity contribution in [1.29, 1.82) is 0 Å². The third-order valence-corrected chi connectivity index (χ3v) is 7.75. The van der Waals surface area contributed by atoms with E-state index in [1.54, 1.807) is 30.0 Å². The van der Waals surface area contributed by atoms with Crippen molar-refractivity contribution in [1.82, 2.24) is 4.31 Å². The molecule has 0 aromatic heterocycles. The molecule has 10 heteroatoms. The van der Waals surface area contributed by atoms with E-state index in [2.05, 4.69) is 5.32 Å². The number of hydrogen-bond acceptors (Lipinski definition) is 6. The molecule has 0 radical (unpaired) electrons. The van der Waals surface area contributed by atoms with Crippen LogP contribution in [0.15, 0.2) is 71.6 Å². The number of nitrogens with zero attached hydrogens (tertiary/aromatic N) is 2. The van der Waals surface area contributed by atoms with E-state index in [-0.39, 0.29) is 17.4 Å². The number of ether oxygens (including phenoxy) is 2. The van der Waals surface area contributed by atoms with Gasteiger partial charge in [0.25, 0.3) is 11.8 Å². The van der Waals surface area contributed by atoms with E-state index in [1.807, 2.05) is 31.2 Å². The van der Waals surface area contributed by atoms with Crippen LogP contribution in [0, 0.1) is 6.92 Å². The van der Waals surface area contributed by atoms with Gasteiger partial charge in [-0.1, -0.05) is 17.7 Å². The molecule has 0 aliphatic carbocycles. The van der Waals surface area contributed by atoms with E-state index in [0.29, 0.717) is 35.0 Å². The topological polar surface area (TPSA) is 105 Å². The molecular weight excluding hydrogens is 494 g/mol. The highest BCUT2D eigenvalue weighted by molar-refractivity contribution is 7.89. The van der Waals surface area contributed by atoms with Gasteiger partial charge in [0.1, 0.15) is 18.1 Å². The van der Waals surface area contributed by atoms with Crippen LogP contribution < -0.4 is 19.7 Å². The summed E-state index contributed by atoms with van der Waals surface area (Å²) in [6.45, 7) is 4.26. The Balaban J connectivity index is 1.49. The van der Waals surface area contributed by atoms with Crippen LogP contribution in [-0.2, 0) is 14.8 Å². The number of hydrogen-bond donors (Lipinski definition) is 1. The zero-order valence-corrected chi connectivity index (χ0v) is 21.9. The predicted octanol–water partition coefficient (Wildman–Crippen LogP) is 3.69. The lowest BCUT2D eigenvalue weighted by Gasteiger charge is -2.33. The molecule has 1 N–H and O–H groups in total. The zero-order valence-electron chi connectivity index (χ0n) is 21.1. The normalized spacial score (nSPS) is 15.2. The van der Waals surface area contributed by atoms with E-state index in [9.17, 15) is 18.0 Å².